The zero-order valence-electron chi connectivity index (χ0n) is 16.2. The van der Waals surface area contributed by atoms with E-state index in [1.165, 1.54) is 24.3 Å². The molecule has 0 atom stereocenters. The summed E-state index contributed by atoms with van der Waals surface area (Å²) in [7, 11) is 0. The number of unbranched alkanes of at least 4 members (excludes halogenated alkanes) is 1. The van der Waals surface area contributed by atoms with Crippen LogP contribution in [0.1, 0.15) is 36.5 Å². The topological polar surface area (TPSA) is 52.7 Å². The highest BCUT2D eigenvalue weighted by molar-refractivity contribution is 6.04. The summed E-state index contributed by atoms with van der Waals surface area (Å²) in [5.74, 6) is -0.389. The molecule has 0 aliphatic carbocycles. The Morgan fingerprint density at radius 3 is 2.21 bits per heavy atom. The van der Waals surface area contributed by atoms with E-state index in [9.17, 15) is 14.0 Å². The van der Waals surface area contributed by atoms with Gasteiger partial charge in [-0.1, -0.05) is 13.3 Å². The maximum atomic E-state index is 13.0. The number of hydrogen-bond acceptors (Lipinski definition) is 3. The maximum Gasteiger partial charge on any atom is 0.255 e. The zero-order chi connectivity index (χ0) is 19.9. The number of carbonyl (C=O) groups is 2. The molecule has 2 aromatic rings. The maximum absolute atomic E-state index is 13.0. The van der Waals surface area contributed by atoms with E-state index < -0.39 is 0 Å². The van der Waals surface area contributed by atoms with Crippen molar-refractivity contribution in [2.24, 2.45) is 0 Å². The molecule has 1 heterocycles. The number of halogens is 1. The minimum atomic E-state index is -0.368. The molecule has 0 spiro atoms. The van der Waals surface area contributed by atoms with E-state index in [4.69, 9.17) is 0 Å². The van der Waals surface area contributed by atoms with Crippen LogP contribution in [0.5, 0.6) is 0 Å². The van der Waals surface area contributed by atoms with Crippen molar-refractivity contribution >= 4 is 23.2 Å². The van der Waals surface area contributed by atoms with Crippen molar-refractivity contribution in [3.63, 3.8) is 0 Å². The lowest BCUT2D eigenvalue weighted by atomic mass is 10.2. The van der Waals surface area contributed by atoms with Crippen molar-refractivity contribution in [3.8, 4) is 0 Å². The normalized spacial score (nSPS) is 14.1. The average Bonchev–Trinajstić information content (AvgIpc) is 2.73. The minimum Gasteiger partial charge on any atom is -0.368 e. The number of benzene rings is 2. The van der Waals surface area contributed by atoms with Gasteiger partial charge in [0.25, 0.3) is 5.91 Å². The molecule has 1 aliphatic rings. The Hall–Kier alpha value is -2.89. The Morgan fingerprint density at radius 2 is 1.61 bits per heavy atom. The molecule has 6 heteroatoms. The number of carbonyl (C=O) groups excluding carboxylic acids is 2. The Bertz CT molecular complexity index is 798. The summed E-state index contributed by atoms with van der Waals surface area (Å²) in [6.45, 7) is 5.19. The van der Waals surface area contributed by atoms with Crippen molar-refractivity contribution in [2.75, 3.05) is 36.4 Å². The van der Waals surface area contributed by atoms with Crippen LogP contribution in [0.15, 0.2) is 48.5 Å². The number of piperazine rings is 1. The standard InChI is InChI=1S/C22H26FN3O2/c1-2-3-4-21(27)26-15-13-25(14-16-26)20-11-9-19(10-12-20)24-22(28)17-5-7-18(23)8-6-17/h5-12H,2-4,13-16H2,1H3,(H,24,28). The summed E-state index contributed by atoms with van der Waals surface area (Å²) >= 11 is 0. The fourth-order valence-corrected chi connectivity index (χ4v) is 3.26. The smallest absolute Gasteiger partial charge is 0.255 e. The number of rotatable bonds is 6. The molecule has 1 saturated heterocycles. The molecule has 0 unspecified atom stereocenters. The van der Waals surface area contributed by atoms with Gasteiger partial charge in [0.1, 0.15) is 5.82 Å². The van der Waals surface area contributed by atoms with Gasteiger partial charge in [0.2, 0.25) is 5.91 Å². The van der Waals surface area contributed by atoms with Gasteiger partial charge in [-0.25, -0.2) is 4.39 Å². The van der Waals surface area contributed by atoms with Gasteiger partial charge < -0.3 is 15.1 Å². The largest absolute Gasteiger partial charge is 0.368 e. The van der Waals surface area contributed by atoms with Crippen LogP contribution in [-0.4, -0.2) is 42.9 Å². The molecule has 3 rings (SSSR count). The zero-order valence-corrected chi connectivity index (χ0v) is 16.2. The fourth-order valence-electron chi connectivity index (χ4n) is 3.26. The molecule has 0 saturated carbocycles. The van der Waals surface area contributed by atoms with Crippen LogP contribution in [0, 0.1) is 5.82 Å². The molecule has 2 aromatic carbocycles. The second kappa shape index (κ2) is 9.35. The summed E-state index contributed by atoms with van der Waals surface area (Å²) in [4.78, 5) is 28.5. The molecule has 2 amide bonds. The van der Waals surface area contributed by atoms with E-state index in [0.717, 1.165) is 44.7 Å². The predicted molar refractivity (Wildman–Crippen MR) is 109 cm³/mol. The monoisotopic (exact) mass is 383 g/mol. The first-order chi connectivity index (χ1) is 13.6. The number of nitrogens with one attached hydrogen (secondary N) is 1. The second-order valence-electron chi connectivity index (χ2n) is 6.98. The molecule has 28 heavy (non-hydrogen) atoms. The molecule has 0 radical (unpaired) electrons. The van der Waals surface area contributed by atoms with Crippen LogP contribution in [0.4, 0.5) is 15.8 Å². The predicted octanol–water partition coefficient (Wildman–Crippen LogP) is 3.92. The van der Waals surface area contributed by atoms with Gasteiger partial charge in [-0.15, -0.1) is 0 Å². The molecule has 0 bridgehead atoms. The van der Waals surface area contributed by atoms with Gasteiger partial charge in [0.05, 0.1) is 0 Å². The summed E-state index contributed by atoms with van der Waals surface area (Å²) in [6, 6.07) is 13.1. The first-order valence-corrected chi connectivity index (χ1v) is 9.76. The van der Waals surface area contributed by atoms with Crippen molar-refractivity contribution in [2.45, 2.75) is 26.2 Å². The van der Waals surface area contributed by atoms with Crippen molar-refractivity contribution in [1.82, 2.24) is 4.90 Å². The summed E-state index contributed by atoms with van der Waals surface area (Å²) in [5, 5.41) is 2.82. The highest BCUT2D eigenvalue weighted by atomic mass is 19.1. The second-order valence-corrected chi connectivity index (χ2v) is 6.98. The van der Waals surface area contributed by atoms with Crippen LogP contribution < -0.4 is 10.2 Å². The fraction of sp³-hybridized carbons (Fsp3) is 0.364. The van der Waals surface area contributed by atoms with Crippen LogP contribution in [0.2, 0.25) is 0 Å². The van der Waals surface area contributed by atoms with Crippen LogP contribution in [0.25, 0.3) is 0 Å². The van der Waals surface area contributed by atoms with Gasteiger partial charge in [-0.2, -0.15) is 0 Å². The van der Waals surface area contributed by atoms with E-state index in [-0.39, 0.29) is 17.6 Å². The minimum absolute atomic E-state index is 0.250. The molecule has 1 N–H and O–H groups in total. The Balaban J connectivity index is 1.53. The lowest BCUT2D eigenvalue weighted by Gasteiger charge is -2.36. The van der Waals surface area contributed by atoms with Crippen molar-refractivity contribution in [1.29, 1.82) is 0 Å². The Kier molecular flexibility index (Phi) is 6.63. The van der Waals surface area contributed by atoms with Crippen LogP contribution >= 0.6 is 0 Å². The average molecular weight is 383 g/mol. The molecular formula is C22H26FN3O2. The lowest BCUT2D eigenvalue weighted by molar-refractivity contribution is -0.131. The number of hydrogen-bond donors (Lipinski definition) is 1. The third kappa shape index (κ3) is 5.09. The van der Waals surface area contributed by atoms with Gasteiger partial charge in [0, 0.05) is 49.5 Å². The summed E-state index contributed by atoms with van der Waals surface area (Å²) < 4.78 is 13.0. The van der Waals surface area contributed by atoms with E-state index in [1.54, 1.807) is 0 Å². The Labute approximate surface area is 165 Å². The molecular weight excluding hydrogens is 357 g/mol. The number of anilines is 2. The summed E-state index contributed by atoms with van der Waals surface area (Å²) in [5.41, 5.74) is 2.17. The summed E-state index contributed by atoms with van der Waals surface area (Å²) in [6.07, 6.45) is 2.62. The van der Waals surface area contributed by atoms with Gasteiger partial charge >= 0.3 is 0 Å². The van der Waals surface area contributed by atoms with Gasteiger partial charge in [-0.3, -0.25) is 9.59 Å². The van der Waals surface area contributed by atoms with Gasteiger partial charge in [0.15, 0.2) is 0 Å². The SMILES string of the molecule is CCCCC(=O)N1CCN(c2ccc(NC(=O)c3ccc(F)cc3)cc2)CC1. The molecule has 0 aromatic heterocycles. The van der Waals surface area contributed by atoms with Crippen LogP contribution in [0.3, 0.4) is 0 Å². The van der Waals surface area contributed by atoms with Gasteiger partial charge in [-0.05, 0) is 55.0 Å². The van der Waals surface area contributed by atoms with Crippen molar-refractivity contribution in [3.05, 3.63) is 59.9 Å². The van der Waals surface area contributed by atoms with E-state index >= 15 is 0 Å². The molecule has 5 nitrogen and oxygen atoms in total. The van der Waals surface area contributed by atoms with E-state index in [0.29, 0.717) is 17.7 Å². The molecule has 148 valence electrons. The number of nitrogens with zero attached hydrogens (tertiary/aromatic N) is 2. The van der Waals surface area contributed by atoms with Crippen molar-refractivity contribution < 1.29 is 14.0 Å². The first kappa shape index (κ1) is 19.9. The Morgan fingerprint density at radius 1 is 0.964 bits per heavy atom. The third-order valence-corrected chi connectivity index (χ3v) is 4.97. The highest BCUT2D eigenvalue weighted by Gasteiger charge is 2.20. The third-order valence-electron chi connectivity index (χ3n) is 4.97. The number of amides is 2. The quantitative estimate of drug-likeness (QED) is 0.823. The highest BCUT2D eigenvalue weighted by Crippen LogP contribution is 2.20. The van der Waals surface area contributed by atoms with E-state index in [2.05, 4.69) is 17.1 Å². The van der Waals surface area contributed by atoms with E-state index in [1.807, 2.05) is 29.2 Å². The molecule has 1 fully saturated rings. The first-order valence-electron chi connectivity index (χ1n) is 9.76. The molecule has 1 aliphatic heterocycles. The van der Waals surface area contributed by atoms with Crippen LogP contribution in [-0.2, 0) is 4.79 Å². The lowest BCUT2D eigenvalue weighted by Crippen LogP contribution is -2.48.